The lowest BCUT2D eigenvalue weighted by molar-refractivity contribution is -0.384. The Hall–Kier alpha value is -3.15. The molecule has 0 saturated heterocycles. The number of hydrogen-bond donors (Lipinski definition) is 1. The number of fused-ring (bicyclic) bond motifs is 1. The molecule has 4 rings (SSSR count). The van der Waals surface area contributed by atoms with Gasteiger partial charge in [-0.05, 0) is 29.3 Å². The Morgan fingerprint density at radius 2 is 2.00 bits per heavy atom. The Morgan fingerprint density at radius 1 is 1.13 bits per heavy atom. The first-order chi connectivity index (χ1) is 11.2. The largest absolute Gasteiger partial charge is 0.453 e. The third-order valence-corrected chi connectivity index (χ3v) is 3.81. The van der Waals surface area contributed by atoms with Gasteiger partial charge in [0.2, 0.25) is 0 Å². The summed E-state index contributed by atoms with van der Waals surface area (Å²) in [5.74, 6) is 1.49. The minimum atomic E-state index is -0.387. The van der Waals surface area contributed by atoms with Crippen LogP contribution in [0.4, 0.5) is 5.69 Å². The van der Waals surface area contributed by atoms with Gasteiger partial charge in [0.1, 0.15) is 5.58 Å². The highest BCUT2D eigenvalue weighted by molar-refractivity contribution is 6.01. The Morgan fingerprint density at radius 3 is 2.78 bits per heavy atom. The van der Waals surface area contributed by atoms with Crippen LogP contribution in [0, 0.1) is 10.1 Å². The average molecular weight is 307 g/mol. The Labute approximate surface area is 131 Å². The van der Waals surface area contributed by atoms with Gasteiger partial charge >= 0.3 is 0 Å². The summed E-state index contributed by atoms with van der Waals surface area (Å²) >= 11 is 0. The summed E-state index contributed by atoms with van der Waals surface area (Å²) in [7, 11) is 0. The molecule has 0 atom stereocenters. The van der Waals surface area contributed by atoms with Crippen molar-refractivity contribution in [2.24, 2.45) is 4.99 Å². The van der Waals surface area contributed by atoms with Crippen molar-refractivity contribution in [3.05, 3.63) is 64.4 Å². The van der Waals surface area contributed by atoms with Gasteiger partial charge in [-0.1, -0.05) is 18.2 Å². The fourth-order valence-electron chi connectivity index (χ4n) is 2.70. The molecule has 0 saturated carbocycles. The van der Waals surface area contributed by atoms with E-state index in [-0.39, 0.29) is 10.6 Å². The van der Waals surface area contributed by atoms with E-state index in [2.05, 4.69) is 10.3 Å². The van der Waals surface area contributed by atoms with Crippen LogP contribution in [0.2, 0.25) is 0 Å². The second-order valence-electron chi connectivity index (χ2n) is 5.33. The Balaban J connectivity index is 1.76. The van der Waals surface area contributed by atoms with Crippen LogP contribution in [-0.2, 0) is 0 Å². The molecule has 0 aliphatic carbocycles. The van der Waals surface area contributed by atoms with Crippen LogP contribution in [0.5, 0.6) is 0 Å². The topological polar surface area (TPSA) is 80.7 Å². The molecule has 0 unspecified atom stereocenters. The van der Waals surface area contributed by atoms with Crippen LogP contribution in [0.3, 0.4) is 0 Å². The molecule has 23 heavy (non-hydrogen) atoms. The molecule has 6 nitrogen and oxygen atoms in total. The number of furan rings is 1. The maximum atomic E-state index is 10.9. The van der Waals surface area contributed by atoms with Gasteiger partial charge in [0.25, 0.3) is 5.69 Å². The average Bonchev–Trinajstić information content (AvgIpc) is 3.23. The Kier molecular flexibility index (Phi) is 3.08. The second kappa shape index (κ2) is 5.24. The van der Waals surface area contributed by atoms with E-state index in [9.17, 15) is 10.1 Å². The molecule has 0 amide bonds. The van der Waals surface area contributed by atoms with E-state index in [1.165, 1.54) is 6.07 Å². The maximum absolute atomic E-state index is 10.9. The molecule has 0 radical (unpaired) electrons. The maximum Gasteiger partial charge on any atom is 0.270 e. The van der Waals surface area contributed by atoms with E-state index in [4.69, 9.17) is 4.42 Å². The summed E-state index contributed by atoms with van der Waals surface area (Å²) in [6.07, 6.45) is 0. The zero-order valence-corrected chi connectivity index (χ0v) is 12.2. The van der Waals surface area contributed by atoms with Gasteiger partial charge in [-0.2, -0.15) is 0 Å². The molecule has 3 aromatic rings. The van der Waals surface area contributed by atoms with Crippen molar-refractivity contribution in [3.8, 4) is 11.1 Å². The third kappa shape index (κ3) is 2.44. The van der Waals surface area contributed by atoms with Gasteiger partial charge < -0.3 is 9.73 Å². The SMILES string of the molecule is O=[N+]([O-])c1cccc(-c2ccc3oc(C4=NCCN4)cc3c2)c1. The zero-order valence-electron chi connectivity index (χ0n) is 12.2. The van der Waals surface area contributed by atoms with Crippen LogP contribution in [0.25, 0.3) is 22.1 Å². The first-order valence-corrected chi connectivity index (χ1v) is 7.28. The summed E-state index contributed by atoms with van der Waals surface area (Å²) in [5, 5.41) is 15.0. The first-order valence-electron chi connectivity index (χ1n) is 7.28. The summed E-state index contributed by atoms with van der Waals surface area (Å²) in [6, 6.07) is 14.3. The summed E-state index contributed by atoms with van der Waals surface area (Å²) < 4.78 is 5.80. The lowest BCUT2D eigenvalue weighted by atomic mass is 10.0. The number of nitro benzene ring substituents is 1. The molecule has 0 bridgehead atoms. The highest BCUT2D eigenvalue weighted by Crippen LogP contribution is 2.29. The van der Waals surface area contributed by atoms with Crippen LogP contribution < -0.4 is 5.32 Å². The number of hydrogen-bond acceptors (Lipinski definition) is 5. The second-order valence-corrected chi connectivity index (χ2v) is 5.33. The van der Waals surface area contributed by atoms with Crippen LogP contribution in [0.15, 0.2) is 57.9 Å². The van der Waals surface area contributed by atoms with Crippen LogP contribution in [0.1, 0.15) is 5.76 Å². The fraction of sp³-hybridized carbons (Fsp3) is 0.118. The minimum Gasteiger partial charge on any atom is -0.453 e. The summed E-state index contributed by atoms with van der Waals surface area (Å²) in [5.41, 5.74) is 2.57. The first kappa shape index (κ1) is 13.5. The third-order valence-electron chi connectivity index (χ3n) is 3.81. The number of non-ortho nitro benzene ring substituents is 1. The molecule has 0 spiro atoms. The van der Waals surface area contributed by atoms with Gasteiger partial charge in [0.05, 0.1) is 11.5 Å². The molecule has 114 valence electrons. The number of amidine groups is 1. The number of nitrogens with one attached hydrogen (secondary N) is 1. The minimum absolute atomic E-state index is 0.0833. The summed E-state index contributed by atoms with van der Waals surface area (Å²) in [4.78, 5) is 14.9. The molecule has 1 aliphatic rings. The standard InChI is InChI=1S/C17H13N3O3/c21-20(22)14-3-1-2-11(9-14)12-4-5-15-13(8-12)10-16(23-15)17-18-6-7-19-17/h1-5,8-10H,6-7H2,(H,18,19). The van der Waals surface area contributed by atoms with E-state index >= 15 is 0 Å². The smallest absolute Gasteiger partial charge is 0.270 e. The van der Waals surface area contributed by atoms with Crippen molar-refractivity contribution in [3.63, 3.8) is 0 Å². The monoisotopic (exact) mass is 307 g/mol. The van der Waals surface area contributed by atoms with Crippen molar-refractivity contribution in [1.82, 2.24) is 5.32 Å². The van der Waals surface area contributed by atoms with E-state index < -0.39 is 0 Å². The number of nitro groups is 1. The van der Waals surface area contributed by atoms with Gasteiger partial charge in [0, 0.05) is 24.1 Å². The van der Waals surface area contributed by atoms with E-state index in [0.29, 0.717) is 5.76 Å². The lowest BCUT2D eigenvalue weighted by Gasteiger charge is -2.01. The van der Waals surface area contributed by atoms with Crippen molar-refractivity contribution < 1.29 is 9.34 Å². The van der Waals surface area contributed by atoms with Crippen molar-refractivity contribution in [2.75, 3.05) is 13.1 Å². The van der Waals surface area contributed by atoms with Crippen molar-refractivity contribution >= 4 is 22.5 Å². The number of benzene rings is 2. The molecule has 1 aliphatic heterocycles. The quantitative estimate of drug-likeness (QED) is 0.594. The van der Waals surface area contributed by atoms with Crippen molar-refractivity contribution in [2.45, 2.75) is 0 Å². The molecule has 2 heterocycles. The number of nitrogens with zero attached hydrogens (tertiary/aromatic N) is 2. The van der Waals surface area contributed by atoms with E-state index in [1.54, 1.807) is 12.1 Å². The molecule has 0 fully saturated rings. The molecule has 1 aromatic heterocycles. The van der Waals surface area contributed by atoms with Gasteiger partial charge in [-0.25, -0.2) is 0 Å². The van der Waals surface area contributed by atoms with Crippen LogP contribution >= 0.6 is 0 Å². The molecular formula is C17H13N3O3. The van der Waals surface area contributed by atoms with Gasteiger partial charge in [-0.3, -0.25) is 15.1 Å². The highest BCUT2D eigenvalue weighted by Gasteiger charge is 2.14. The Bertz CT molecular complexity index is 943. The van der Waals surface area contributed by atoms with Crippen LogP contribution in [-0.4, -0.2) is 23.8 Å². The van der Waals surface area contributed by atoms with Crippen molar-refractivity contribution in [1.29, 1.82) is 0 Å². The predicted molar refractivity (Wildman–Crippen MR) is 87.7 cm³/mol. The molecule has 2 aromatic carbocycles. The normalized spacial score (nSPS) is 13.8. The predicted octanol–water partition coefficient (Wildman–Crippen LogP) is 3.36. The lowest BCUT2D eigenvalue weighted by Crippen LogP contribution is -2.18. The van der Waals surface area contributed by atoms with E-state index in [0.717, 1.165) is 41.0 Å². The number of rotatable bonds is 3. The molecular weight excluding hydrogens is 294 g/mol. The summed E-state index contributed by atoms with van der Waals surface area (Å²) in [6.45, 7) is 1.58. The highest BCUT2D eigenvalue weighted by atomic mass is 16.6. The zero-order chi connectivity index (χ0) is 15.8. The van der Waals surface area contributed by atoms with Gasteiger partial charge in [-0.15, -0.1) is 0 Å². The number of aliphatic imine (C=N–C) groups is 1. The molecule has 1 N–H and O–H groups in total. The molecule has 6 heteroatoms. The van der Waals surface area contributed by atoms with Gasteiger partial charge in [0.15, 0.2) is 11.6 Å². The fourth-order valence-corrected chi connectivity index (χ4v) is 2.70. The van der Waals surface area contributed by atoms with E-state index in [1.807, 2.05) is 30.3 Å².